The number of methoxy groups -OCH3 is 1. The molecule has 0 atom stereocenters. The maximum absolute atomic E-state index is 5.96. The maximum atomic E-state index is 5.96. The van der Waals surface area contributed by atoms with E-state index in [1.807, 2.05) is 30.3 Å². The lowest BCUT2D eigenvalue weighted by Crippen LogP contribution is -2.10. The van der Waals surface area contributed by atoms with E-state index in [0.29, 0.717) is 13.2 Å². The zero-order valence-corrected chi connectivity index (χ0v) is 13.8. The van der Waals surface area contributed by atoms with Crippen molar-refractivity contribution in [2.75, 3.05) is 20.3 Å². The van der Waals surface area contributed by atoms with E-state index in [2.05, 4.69) is 54.6 Å². The van der Waals surface area contributed by atoms with E-state index in [0.717, 1.165) is 11.3 Å². The highest BCUT2D eigenvalue weighted by Crippen LogP contribution is 2.36. The smallest absolute Gasteiger partial charge is 0.123 e. The third kappa shape index (κ3) is 3.84. The van der Waals surface area contributed by atoms with Gasteiger partial charge in [-0.25, -0.2) is 0 Å². The quantitative estimate of drug-likeness (QED) is 0.463. The first-order chi connectivity index (χ1) is 11.9. The average Bonchev–Trinajstić information content (AvgIpc) is 2.65. The first-order valence-electron chi connectivity index (χ1n) is 8.09. The molecular formula is C22H21O2. The van der Waals surface area contributed by atoms with Crippen molar-refractivity contribution in [2.45, 2.75) is 0 Å². The number of rotatable bonds is 7. The minimum atomic E-state index is 0.532. The van der Waals surface area contributed by atoms with E-state index in [1.54, 1.807) is 7.11 Å². The molecule has 0 amide bonds. The van der Waals surface area contributed by atoms with Crippen molar-refractivity contribution in [2.24, 2.45) is 0 Å². The maximum Gasteiger partial charge on any atom is 0.123 e. The van der Waals surface area contributed by atoms with Crippen LogP contribution in [0.5, 0.6) is 5.75 Å². The fourth-order valence-corrected chi connectivity index (χ4v) is 2.72. The van der Waals surface area contributed by atoms with Crippen molar-refractivity contribution in [3.8, 4) is 5.75 Å². The molecule has 0 N–H and O–H groups in total. The summed E-state index contributed by atoms with van der Waals surface area (Å²) in [5.41, 5.74) is 3.43. The Kier molecular flexibility index (Phi) is 5.65. The Morgan fingerprint density at radius 1 is 0.667 bits per heavy atom. The Bertz CT molecular complexity index is 699. The topological polar surface area (TPSA) is 18.5 Å². The van der Waals surface area contributed by atoms with Crippen molar-refractivity contribution >= 4 is 0 Å². The number of para-hydroxylation sites is 1. The molecule has 1 radical (unpaired) electrons. The summed E-state index contributed by atoms with van der Waals surface area (Å²) in [5, 5.41) is 0. The van der Waals surface area contributed by atoms with Crippen LogP contribution < -0.4 is 4.74 Å². The van der Waals surface area contributed by atoms with Crippen molar-refractivity contribution in [1.29, 1.82) is 0 Å². The van der Waals surface area contributed by atoms with Crippen LogP contribution in [0, 0.1) is 5.92 Å². The Morgan fingerprint density at radius 3 is 1.79 bits per heavy atom. The lowest BCUT2D eigenvalue weighted by atomic mass is 9.85. The van der Waals surface area contributed by atoms with Crippen LogP contribution in [0.1, 0.15) is 16.7 Å². The van der Waals surface area contributed by atoms with Crippen LogP contribution in [0.15, 0.2) is 84.9 Å². The van der Waals surface area contributed by atoms with Gasteiger partial charge in [0.15, 0.2) is 0 Å². The zero-order chi connectivity index (χ0) is 16.6. The van der Waals surface area contributed by atoms with Crippen molar-refractivity contribution in [1.82, 2.24) is 0 Å². The van der Waals surface area contributed by atoms with Crippen LogP contribution >= 0.6 is 0 Å². The van der Waals surface area contributed by atoms with E-state index in [-0.39, 0.29) is 0 Å². The number of benzene rings is 3. The molecule has 0 saturated carbocycles. The molecule has 24 heavy (non-hydrogen) atoms. The average molecular weight is 317 g/mol. The zero-order valence-electron chi connectivity index (χ0n) is 13.8. The molecule has 0 fully saturated rings. The predicted octanol–water partition coefficient (Wildman–Crippen LogP) is 4.73. The van der Waals surface area contributed by atoms with E-state index >= 15 is 0 Å². The first kappa shape index (κ1) is 16.3. The van der Waals surface area contributed by atoms with Gasteiger partial charge in [0, 0.05) is 12.7 Å². The van der Waals surface area contributed by atoms with E-state index in [4.69, 9.17) is 9.47 Å². The molecule has 0 bridgehead atoms. The summed E-state index contributed by atoms with van der Waals surface area (Å²) in [4.78, 5) is 0. The van der Waals surface area contributed by atoms with E-state index in [1.165, 1.54) is 17.0 Å². The van der Waals surface area contributed by atoms with E-state index in [9.17, 15) is 0 Å². The van der Waals surface area contributed by atoms with Crippen molar-refractivity contribution < 1.29 is 9.47 Å². The van der Waals surface area contributed by atoms with Gasteiger partial charge in [-0.2, -0.15) is 0 Å². The summed E-state index contributed by atoms with van der Waals surface area (Å²) in [6.07, 6.45) is 0. The molecule has 2 heteroatoms. The number of hydrogen-bond acceptors (Lipinski definition) is 2. The molecule has 2 nitrogen and oxygen atoms in total. The lowest BCUT2D eigenvalue weighted by molar-refractivity contribution is 0.146. The van der Waals surface area contributed by atoms with E-state index < -0.39 is 0 Å². The molecule has 0 aromatic heterocycles. The Morgan fingerprint density at radius 2 is 1.21 bits per heavy atom. The highest BCUT2D eigenvalue weighted by Gasteiger charge is 2.21. The molecule has 3 aromatic rings. The molecule has 3 aromatic carbocycles. The fraction of sp³-hybridized carbons (Fsp3) is 0.136. The third-order valence-electron chi connectivity index (χ3n) is 3.83. The van der Waals surface area contributed by atoms with Gasteiger partial charge in [-0.15, -0.1) is 0 Å². The predicted molar refractivity (Wildman–Crippen MR) is 97.2 cm³/mol. The van der Waals surface area contributed by atoms with Gasteiger partial charge in [0.25, 0.3) is 0 Å². The van der Waals surface area contributed by atoms with Crippen molar-refractivity contribution in [3.05, 3.63) is 108 Å². The SMILES string of the molecule is COCCOc1ccccc1[C](c1ccccc1)c1ccccc1. The normalized spacial score (nSPS) is 10.8. The molecule has 0 aliphatic heterocycles. The van der Waals surface area contributed by atoms with Gasteiger partial charge in [0.1, 0.15) is 12.4 Å². The second-order valence-electron chi connectivity index (χ2n) is 5.44. The molecule has 0 unspecified atom stereocenters. The molecule has 121 valence electrons. The first-order valence-corrected chi connectivity index (χ1v) is 8.09. The van der Waals surface area contributed by atoms with Gasteiger partial charge < -0.3 is 9.47 Å². The summed E-state index contributed by atoms with van der Waals surface area (Å²) in [7, 11) is 1.68. The van der Waals surface area contributed by atoms with Crippen LogP contribution in [0.25, 0.3) is 0 Å². The van der Waals surface area contributed by atoms with Gasteiger partial charge in [-0.3, -0.25) is 0 Å². The molecule has 3 rings (SSSR count). The Labute approximate surface area is 143 Å². The third-order valence-corrected chi connectivity index (χ3v) is 3.83. The Balaban J connectivity index is 2.04. The van der Waals surface area contributed by atoms with Crippen LogP contribution in [0.4, 0.5) is 0 Å². The largest absolute Gasteiger partial charge is 0.491 e. The fourth-order valence-electron chi connectivity index (χ4n) is 2.72. The molecule has 0 aliphatic rings. The van der Waals surface area contributed by atoms with Gasteiger partial charge in [0.2, 0.25) is 0 Å². The second kappa shape index (κ2) is 8.32. The Hall–Kier alpha value is -2.58. The highest BCUT2D eigenvalue weighted by molar-refractivity contribution is 5.61. The lowest BCUT2D eigenvalue weighted by Gasteiger charge is -2.21. The summed E-state index contributed by atoms with van der Waals surface area (Å²) >= 11 is 0. The summed E-state index contributed by atoms with van der Waals surface area (Å²) < 4.78 is 11.1. The van der Waals surface area contributed by atoms with Gasteiger partial charge in [0.05, 0.1) is 12.5 Å². The molecule has 0 heterocycles. The summed E-state index contributed by atoms with van der Waals surface area (Å²) in [6, 6.07) is 29.0. The standard InChI is InChI=1S/C22H21O2/c1-23-16-17-24-21-15-9-8-14-20(21)22(18-10-4-2-5-11-18)19-12-6-3-7-13-19/h2-15H,16-17H2,1H3. The highest BCUT2D eigenvalue weighted by atomic mass is 16.5. The van der Waals surface area contributed by atoms with Crippen LogP contribution in [0.3, 0.4) is 0 Å². The molecule has 0 saturated heterocycles. The molecular weight excluding hydrogens is 296 g/mol. The van der Waals surface area contributed by atoms with Crippen LogP contribution in [-0.2, 0) is 4.74 Å². The van der Waals surface area contributed by atoms with Crippen LogP contribution in [-0.4, -0.2) is 20.3 Å². The summed E-state index contributed by atoms with van der Waals surface area (Å²) in [5.74, 6) is 2.04. The monoisotopic (exact) mass is 317 g/mol. The minimum Gasteiger partial charge on any atom is -0.491 e. The minimum absolute atomic E-state index is 0.532. The van der Waals surface area contributed by atoms with Gasteiger partial charge >= 0.3 is 0 Å². The summed E-state index contributed by atoms with van der Waals surface area (Å²) in [6.45, 7) is 1.10. The second-order valence-corrected chi connectivity index (χ2v) is 5.44. The van der Waals surface area contributed by atoms with Crippen molar-refractivity contribution in [3.63, 3.8) is 0 Å². The number of hydrogen-bond donors (Lipinski definition) is 0. The van der Waals surface area contributed by atoms with Gasteiger partial charge in [-0.1, -0.05) is 78.9 Å². The van der Waals surface area contributed by atoms with Crippen LogP contribution in [0.2, 0.25) is 0 Å². The molecule has 0 spiro atoms. The number of ether oxygens (including phenoxy) is 2. The molecule has 0 aliphatic carbocycles. The van der Waals surface area contributed by atoms with Gasteiger partial charge in [-0.05, 0) is 17.2 Å².